The second-order valence-electron chi connectivity index (χ2n) is 9.80. The second-order valence-corrected chi connectivity index (χ2v) is 9.80. The summed E-state index contributed by atoms with van der Waals surface area (Å²) in [6.45, 7) is 7.00. The van der Waals surface area contributed by atoms with Gasteiger partial charge < -0.3 is 24.1 Å². The first-order valence-electron chi connectivity index (χ1n) is 13.0. The zero-order valence-corrected chi connectivity index (χ0v) is 21.1. The second kappa shape index (κ2) is 10.3. The van der Waals surface area contributed by atoms with Gasteiger partial charge in [0, 0.05) is 53.8 Å². The van der Waals surface area contributed by atoms with Crippen LogP contribution in [0.1, 0.15) is 24.0 Å². The fourth-order valence-corrected chi connectivity index (χ4v) is 5.38. The predicted octanol–water partition coefficient (Wildman–Crippen LogP) is 6.08. The number of nitrogens with zero attached hydrogens (tertiary/aromatic N) is 2. The summed E-state index contributed by atoms with van der Waals surface area (Å²) in [5.74, 6) is 0.649. The van der Waals surface area contributed by atoms with E-state index in [0.29, 0.717) is 24.5 Å². The lowest BCUT2D eigenvalue weighted by molar-refractivity contribution is 0.0254. The van der Waals surface area contributed by atoms with Gasteiger partial charge in [0.25, 0.3) is 0 Å². The van der Waals surface area contributed by atoms with Crippen molar-refractivity contribution >= 4 is 16.6 Å². The molecule has 0 unspecified atom stereocenters. The lowest BCUT2D eigenvalue weighted by Crippen LogP contribution is -2.36. The summed E-state index contributed by atoms with van der Waals surface area (Å²) in [6, 6.07) is 23.5. The number of morpholine rings is 1. The predicted molar refractivity (Wildman–Crippen MR) is 146 cm³/mol. The molecule has 6 heteroatoms. The van der Waals surface area contributed by atoms with E-state index in [0.717, 1.165) is 66.9 Å². The maximum absolute atomic E-state index is 9.86. The molecule has 2 fully saturated rings. The molecule has 0 amide bonds. The van der Waals surface area contributed by atoms with Crippen molar-refractivity contribution in [2.24, 2.45) is 0 Å². The van der Waals surface area contributed by atoms with E-state index < -0.39 is 0 Å². The van der Waals surface area contributed by atoms with Crippen molar-refractivity contribution in [3.8, 4) is 34.2 Å². The Bertz CT molecular complexity index is 1460. The molecular formula is C31H31N3O3. The van der Waals surface area contributed by atoms with Crippen molar-refractivity contribution in [3.05, 3.63) is 71.8 Å². The van der Waals surface area contributed by atoms with Crippen molar-refractivity contribution in [2.45, 2.75) is 25.9 Å². The summed E-state index contributed by atoms with van der Waals surface area (Å²) >= 11 is 0. The van der Waals surface area contributed by atoms with E-state index in [9.17, 15) is 5.26 Å². The van der Waals surface area contributed by atoms with Gasteiger partial charge in [0.2, 0.25) is 0 Å². The molecule has 0 bridgehead atoms. The third kappa shape index (κ3) is 4.81. The highest BCUT2D eigenvalue weighted by molar-refractivity contribution is 5.98. The molecule has 6 rings (SSSR count). The Kier molecular flexibility index (Phi) is 6.57. The smallest absolute Gasteiger partial charge is 0.137 e. The minimum absolute atomic E-state index is 0.0974. The Labute approximate surface area is 217 Å². The van der Waals surface area contributed by atoms with Gasteiger partial charge in [-0.2, -0.15) is 5.26 Å². The van der Waals surface area contributed by atoms with Crippen LogP contribution in [0, 0.1) is 18.3 Å². The van der Waals surface area contributed by atoms with Gasteiger partial charge in [-0.15, -0.1) is 0 Å². The van der Waals surface area contributed by atoms with Crippen LogP contribution in [0.2, 0.25) is 0 Å². The number of benzene rings is 3. The average molecular weight is 494 g/mol. The Hall–Kier alpha value is -3.79. The fraction of sp³-hybridized carbons (Fsp3) is 0.323. The lowest BCUT2D eigenvalue weighted by Gasteiger charge is -2.29. The lowest BCUT2D eigenvalue weighted by atomic mass is 9.98. The summed E-state index contributed by atoms with van der Waals surface area (Å²) < 4.78 is 17.1. The van der Waals surface area contributed by atoms with Crippen molar-refractivity contribution in [2.75, 3.05) is 44.4 Å². The first-order valence-corrected chi connectivity index (χ1v) is 13.0. The van der Waals surface area contributed by atoms with Crippen molar-refractivity contribution in [1.29, 1.82) is 5.26 Å². The van der Waals surface area contributed by atoms with Gasteiger partial charge in [-0.25, -0.2) is 0 Å². The first kappa shape index (κ1) is 23.6. The summed E-state index contributed by atoms with van der Waals surface area (Å²) in [6.07, 6.45) is 1.80. The molecule has 0 saturated carbocycles. The number of aryl methyl sites for hydroxylation is 1. The zero-order chi connectivity index (χ0) is 25.2. The van der Waals surface area contributed by atoms with E-state index in [1.807, 2.05) is 12.1 Å². The summed E-state index contributed by atoms with van der Waals surface area (Å²) in [4.78, 5) is 6.00. The largest absolute Gasteiger partial charge is 0.489 e. The number of hydrogen-bond acceptors (Lipinski definition) is 5. The number of nitriles is 1. The van der Waals surface area contributed by atoms with Crippen LogP contribution in [-0.2, 0) is 9.47 Å². The highest BCUT2D eigenvalue weighted by atomic mass is 16.5. The molecule has 2 saturated heterocycles. The van der Waals surface area contributed by atoms with E-state index in [1.54, 1.807) is 0 Å². The molecule has 0 spiro atoms. The molecular weight excluding hydrogens is 462 g/mol. The van der Waals surface area contributed by atoms with Crippen molar-refractivity contribution in [1.82, 2.24) is 4.98 Å². The maximum Gasteiger partial charge on any atom is 0.137 e. The van der Waals surface area contributed by atoms with Crippen LogP contribution < -0.4 is 9.64 Å². The Morgan fingerprint density at radius 2 is 1.73 bits per heavy atom. The van der Waals surface area contributed by atoms with Gasteiger partial charge in [0.15, 0.2) is 0 Å². The molecule has 6 nitrogen and oxygen atoms in total. The number of aromatic nitrogens is 1. The van der Waals surface area contributed by atoms with Crippen LogP contribution in [0.15, 0.2) is 60.7 Å². The molecule has 0 atom stereocenters. The molecule has 188 valence electrons. The molecule has 2 aliphatic heterocycles. The topological polar surface area (TPSA) is 70.5 Å². The van der Waals surface area contributed by atoms with Crippen LogP contribution in [0.5, 0.6) is 5.75 Å². The van der Waals surface area contributed by atoms with Gasteiger partial charge in [-0.1, -0.05) is 24.3 Å². The van der Waals surface area contributed by atoms with Gasteiger partial charge >= 0.3 is 0 Å². The molecule has 1 N–H and O–H groups in total. The summed E-state index contributed by atoms with van der Waals surface area (Å²) in [7, 11) is 0. The average Bonchev–Trinajstić information content (AvgIpc) is 3.38. The van der Waals surface area contributed by atoms with Crippen LogP contribution in [0.4, 0.5) is 5.69 Å². The van der Waals surface area contributed by atoms with E-state index in [1.165, 1.54) is 16.8 Å². The summed E-state index contributed by atoms with van der Waals surface area (Å²) in [5.41, 5.74) is 8.50. The normalized spacial score (nSPS) is 16.6. The molecule has 4 aromatic rings. The van der Waals surface area contributed by atoms with Crippen LogP contribution in [-0.4, -0.2) is 50.6 Å². The first-order chi connectivity index (χ1) is 18.2. The van der Waals surface area contributed by atoms with Gasteiger partial charge in [-0.3, -0.25) is 0 Å². The van der Waals surface area contributed by atoms with E-state index in [4.69, 9.17) is 14.2 Å². The number of fused-ring (bicyclic) bond motifs is 1. The van der Waals surface area contributed by atoms with Crippen molar-refractivity contribution in [3.63, 3.8) is 0 Å². The quantitative estimate of drug-likeness (QED) is 0.365. The third-order valence-corrected chi connectivity index (χ3v) is 7.41. The number of rotatable bonds is 5. The molecule has 0 aliphatic carbocycles. The molecule has 2 aliphatic rings. The summed E-state index contributed by atoms with van der Waals surface area (Å²) in [5, 5.41) is 11.0. The van der Waals surface area contributed by atoms with E-state index >= 15 is 0 Å². The van der Waals surface area contributed by atoms with Crippen LogP contribution in [0.25, 0.3) is 33.3 Å². The standard InChI is InChI=1S/C31H31N3O3/c1-21-17-24(34-11-15-36-16-12-34)6-7-26(21)30-19-28-27(3-2-4-29(28)33-30)22-5-8-31(23(18-22)20-32)37-25-9-13-35-14-10-25/h2-8,17-19,25,33H,9-16H2,1H3. The highest BCUT2D eigenvalue weighted by Gasteiger charge is 2.18. The van der Waals surface area contributed by atoms with Crippen LogP contribution in [0.3, 0.4) is 0 Å². The number of aromatic amines is 1. The Morgan fingerprint density at radius 3 is 2.51 bits per heavy atom. The highest BCUT2D eigenvalue weighted by Crippen LogP contribution is 2.36. The SMILES string of the molecule is Cc1cc(N2CCOCC2)ccc1-c1cc2c(-c3ccc(OC4CCOCC4)c(C#N)c3)cccc2[nH]1. The van der Waals surface area contributed by atoms with Gasteiger partial charge in [0.05, 0.1) is 32.0 Å². The molecule has 0 radical (unpaired) electrons. The number of anilines is 1. The monoisotopic (exact) mass is 493 g/mol. The number of hydrogen-bond donors (Lipinski definition) is 1. The Morgan fingerprint density at radius 1 is 0.919 bits per heavy atom. The maximum atomic E-state index is 9.86. The van der Waals surface area contributed by atoms with E-state index in [-0.39, 0.29) is 6.10 Å². The zero-order valence-electron chi connectivity index (χ0n) is 21.1. The van der Waals surface area contributed by atoms with Crippen LogP contribution >= 0.6 is 0 Å². The van der Waals surface area contributed by atoms with Gasteiger partial charge in [-0.05, 0) is 60.0 Å². The fourth-order valence-electron chi connectivity index (χ4n) is 5.38. The molecule has 1 aromatic heterocycles. The molecule has 3 heterocycles. The number of nitrogens with one attached hydrogen (secondary N) is 1. The number of H-pyrrole nitrogens is 1. The number of ether oxygens (including phenoxy) is 3. The van der Waals surface area contributed by atoms with Crippen molar-refractivity contribution < 1.29 is 14.2 Å². The molecule has 3 aromatic carbocycles. The minimum atomic E-state index is 0.0974. The molecule has 37 heavy (non-hydrogen) atoms. The minimum Gasteiger partial charge on any atom is -0.489 e. The van der Waals surface area contributed by atoms with Gasteiger partial charge in [0.1, 0.15) is 17.9 Å². The third-order valence-electron chi connectivity index (χ3n) is 7.41. The Balaban J connectivity index is 1.31. The van der Waals surface area contributed by atoms with E-state index in [2.05, 4.69) is 71.4 Å².